The molecule has 144 valence electrons. The monoisotopic (exact) mass is 396 g/mol. The molecule has 0 aliphatic heterocycles. The second-order valence-corrected chi connectivity index (χ2v) is 8.42. The van der Waals surface area contributed by atoms with Gasteiger partial charge in [0.25, 0.3) is 0 Å². The van der Waals surface area contributed by atoms with Crippen LogP contribution in [0.1, 0.15) is 17.0 Å². The van der Waals surface area contributed by atoms with Gasteiger partial charge in [-0.2, -0.15) is 0 Å². The first-order valence-corrected chi connectivity index (χ1v) is 10.6. The highest BCUT2D eigenvalue weighted by atomic mass is 32.2. The Kier molecular flexibility index (Phi) is 5.75. The molecule has 28 heavy (non-hydrogen) atoms. The summed E-state index contributed by atoms with van der Waals surface area (Å²) in [6.45, 7) is 0.377. The highest BCUT2D eigenvalue weighted by Crippen LogP contribution is 2.33. The molecule has 0 bridgehead atoms. The molecule has 0 heterocycles. The van der Waals surface area contributed by atoms with Gasteiger partial charge in [0, 0.05) is 18.7 Å². The summed E-state index contributed by atoms with van der Waals surface area (Å²) < 4.78 is 23.9. The Morgan fingerprint density at radius 2 is 1.43 bits per heavy atom. The van der Waals surface area contributed by atoms with Crippen LogP contribution in [-0.2, 0) is 9.84 Å². The van der Waals surface area contributed by atoms with E-state index in [1.807, 2.05) is 60.7 Å². The predicted octanol–water partition coefficient (Wildman–Crippen LogP) is 4.24. The maximum Gasteiger partial charge on any atom is 0.310 e. The van der Waals surface area contributed by atoms with Crippen LogP contribution in [-0.4, -0.2) is 26.1 Å². The summed E-state index contributed by atoms with van der Waals surface area (Å²) in [5.74, 6) is -0.0520. The molecule has 0 aliphatic rings. The lowest BCUT2D eigenvalue weighted by molar-refractivity contribution is -0.386. The molecule has 0 spiro atoms. The molecule has 1 N–H and O–H groups in total. The van der Waals surface area contributed by atoms with Gasteiger partial charge < -0.3 is 5.32 Å². The van der Waals surface area contributed by atoms with Gasteiger partial charge in [0.1, 0.15) is 10.6 Å². The molecule has 0 saturated carbocycles. The highest BCUT2D eigenvalue weighted by molar-refractivity contribution is 7.90. The largest absolute Gasteiger partial charge is 0.379 e. The zero-order valence-electron chi connectivity index (χ0n) is 15.3. The van der Waals surface area contributed by atoms with E-state index >= 15 is 0 Å². The highest BCUT2D eigenvalue weighted by Gasteiger charge is 2.26. The maximum absolute atomic E-state index is 12.0. The molecule has 7 heteroatoms. The number of anilines is 1. The van der Waals surface area contributed by atoms with E-state index in [0.29, 0.717) is 6.54 Å². The fraction of sp³-hybridized carbons (Fsp3) is 0.143. The third-order valence-corrected chi connectivity index (χ3v) is 5.61. The van der Waals surface area contributed by atoms with E-state index in [-0.39, 0.29) is 16.5 Å². The third-order valence-electron chi connectivity index (χ3n) is 4.48. The average Bonchev–Trinajstić information content (AvgIpc) is 2.69. The fourth-order valence-corrected chi connectivity index (χ4v) is 4.02. The zero-order valence-corrected chi connectivity index (χ0v) is 16.1. The number of rotatable bonds is 7. The van der Waals surface area contributed by atoms with Gasteiger partial charge in [0.15, 0.2) is 9.84 Å². The van der Waals surface area contributed by atoms with Crippen LogP contribution in [0.25, 0.3) is 0 Å². The smallest absolute Gasteiger partial charge is 0.310 e. The number of nitrogens with zero attached hydrogens (tertiary/aromatic N) is 1. The van der Waals surface area contributed by atoms with E-state index in [1.165, 1.54) is 18.2 Å². The summed E-state index contributed by atoms with van der Waals surface area (Å²) in [7, 11) is -3.73. The van der Waals surface area contributed by atoms with Crippen molar-refractivity contribution in [3.05, 3.63) is 100 Å². The summed E-state index contributed by atoms with van der Waals surface area (Å²) in [5, 5.41) is 14.7. The minimum Gasteiger partial charge on any atom is -0.379 e. The van der Waals surface area contributed by atoms with Gasteiger partial charge in [-0.1, -0.05) is 66.7 Å². The molecule has 0 amide bonds. The third kappa shape index (κ3) is 4.37. The molecule has 3 aromatic rings. The quantitative estimate of drug-likeness (QED) is 0.476. The van der Waals surface area contributed by atoms with Gasteiger partial charge in [-0.25, -0.2) is 8.42 Å². The van der Waals surface area contributed by atoms with Gasteiger partial charge in [-0.15, -0.1) is 0 Å². The van der Waals surface area contributed by atoms with Crippen molar-refractivity contribution in [3.63, 3.8) is 0 Å². The molecule has 3 aromatic carbocycles. The van der Waals surface area contributed by atoms with Crippen LogP contribution in [0.3, 0.4) is 0 Å². The Balaban J connectivity index is 1.98. The Hall–Kier alpha value is -3.19. The number of nitro benzene ring substituents is 1. The molecule has 0 atom stereocenters. The number of para-hydroxylation sites is 1. The molecule has 0 aromatic heterocycles. The second-order valence-electron chi connectivity index (χ2n) is 6.44. The molecule has 3 rings (SSSR count). The first-order valence-electron chi connectivity index (χ1n) is 8.69. The van der Waals surface area contributed by atoms with Crippen molar-refractivity contribution < 1.29 is 13.3 Å². The van der Waals surface area contributed by atoms with E-state index in [2.05, 4.69) is 5.32 Å². The minimum atomic E-state index is -3.73. The molecule has 0 unspecified atom stereocenters. The van der Waals surface area contributed by atoms with E-state index in [0.717, 1.165) is 17.4 Å². The molecule has 0 aliphatic carbocycles. The van der Waals surface area contributed by atoms with E-state index in [9.17, 15) is 18.5 Å². The van der Waals surface area contributed by atoms with Crippen LogP contribution in [0.2, 0.25) is 0 Å². The van der Waals surface area contributed by atoms with E-state index in [4.69, 9.17) is 0 Å². The average molecular weight is 396 g/mol. The van der Waals surface area contributed by atoms with E-state index in [1.54, 1.807) is 0 Å². The minimum absolute atomic E-state index is 0.0520. The normalized spacial score (nSPS) is 11.4. The van der Waals surface area contributed by atoms with Gasteiger partial charge in [0.2, 0.25) is 0 Å². The lowest BCUT2D eigenvalue weighted by Crippen LogP contribution is -2.15. The summed E-state index contributed by atoms with van der Waals surface area (Å²) in [5.41, 5.74) is 1.88. The predicted molar refractivity (Wildman–Crippen MR) is 109 cm³/mol. The molecular weight excluding hydrogens is 376 g/mol. The lowest BCUT2D eigenvalue weighted by atomic mass is 9.91. The SMILES string of the molecule is CS(=O)(=O)c1cccc(NCC(c2ccccc2)c2ccccc2)c1[N+](=O)[O-]. The first-order chi connectivity index (χ1) is 13.4. The molecule has 0 radical (unpaired) electrons. The summed E-state index contributed by atoms with van der Waals surface area (Å²) in [6.07, 6.45) is 0.968. The molecule has 0 saturated heterocycles. The van der Waals surface area contributed by atoms with Crippen molar-refractivity contribution >= 4 is 21.2 Å². The molecule has 0 fully saturated rings. The Morgan fingerprint density at radius 1 is 0.893 bits per heavy atom. The van der Waals surface area contributed by atoms with Crippen LogP contribution in [0.15, 0.2) is 83.8 Å². The second kappa shape index (κ2) is 8.22. The Bertz CT molecular complexity index is 1030. The molecular formula is C21H20N2O4S. The van der Waals surface area contributed by atoms with Crippen molar-refractivity contribution in [1.29, 1.82) is 0 Å². The van der Waals surface area contributed by atoms with Gasteiger partial charge in [-0.05, 0) is 23.3 Å². The van der Waals surface area contributed by atoms with Crippen LogP contribution in [0.5, 0.6) is 0 Å². The standard InChI is InChI=1S/C21H20N2O4S/c1-28(26,27)20-14-8-13-19(21(20)23(24)25)22-15-18(16-9-4-2-5-10-16)17-11-6-3-7-12-17/h2-14,18,22H,15H2,1H3. The maximum atomic E-state index is 12.0. The summed E-state index contributed by atoms with van der Waals surface area (Å²) >= 11 is 0. The van der Waals surface area contributed by atoms with Crippen LogP contribution < -0.4 is 5.32 Å². The number of benzene rings is 3. The van der Waals surface area contributed by atoms with E-state index < -0.39 is 20.4 Å². The Morgan fingerprint density at radius 3 is 1.89 bits per heavy atom. The van der Waals surface area contributed by atoms with Crippen molar-refractivity contribution in [2.24, 2.45) is 0 Å². The summed E-state index contributed by atoms with van der Waals surface area (Å²) in [4.78, 5) is 10.6. The number of hydrogen-bond acceptors (Lipinski definition) is 5. The van der Waals surface area contributed by atoms with Crippen molar-refractivity contribution in [1.82, 2.24) is 0 Å². The number of nitrogens with one attached hydrogen (secondary N) is 1. The number of hydrogen-bond donors (Lipinski definition) is 1. The fourth-order valence-electron chi connectivity index (χ4n) is 3.16. The zero-order chi connectivity index (χ0) is 20.1. The number of nitro groups is 1. The topological polar surface area (TPSA) is 89.3 Å². The van der Waals surface area contributed by atoms with Crippen molar-refractivity contribution in [3.8, 4) is 0 Å². The van der Waals surface area contributed by atoms with Gasteiger partial charge in [0.05, 0.1) is 4.92 Å². The van der Waals surface area contributed by atoms with Crippen molar-refractivity contribution in [2.75, 3.05) is 18.1 Å². The first kappa shape index (κ1) is 19.6. The molecule has 6 nitrogen and oxygen atoms in total. The van der Waals surface area contributed by atoms with Crippen molar-refractivity contribution in [2.45, 2.75) is 10.8 Å². The summed E-state index contributed by atoms with van der Waals surface area (Å²) in [6, 6.07) is 23.9. The van der Waals surface area contributed by atoms with Crippen LogP contribution in [0, 0.1) is 10.1 Å². The lowest BCUT2D eigenvalue weighted by Gasteiger charge is -2.20. The number of sulfone groups is 1. The van der Waals surface area contributed by atoms with Gasteiger partial charge in [-0.3, -0.25) is 10.1 Å². The van der Waals surface area contributed by atoms with Gasteiger partial charge >= 0.3 is 5.69 Å². The Labute approximate surface area is 163 Å². The van der Waals surface area contributed by atoms with Crippen LogP contribution >= 0.6 is 0 Å². The van der Waals surface area contributed by atoms with Crippen LogP contribution in [0.4, 0.5) is 11.4 Å².